The van der Waals surface area contributed by atoms with Crippen molar-refractivity contribution in [2.45, 2.75) is 20.0 Å². The highest BCUT2D eigenvalue weighted by atomic mass is 16.3. The number of imidazole rings is 1. The maximum absolute atomic E-state index is 8.97. The van der Waals surface area contributed by atoms with Crippen molar-refractivity contribution in [2.24, 2.45) is 5.92 Å². The van der Waals surface area contributed by atoms with Crippen LogP contribution in [-0.2, 0) is 13.1 Å². The van der Waals surface area contributed by atoms with Crippen LogP contribution in [0.15, 0.2) is 12.4 Å². The zero-order valence-corrected chi connectivity index (χ0v) is 8.56. The smallest absolute Gasteiger partial charge is 0.122 e. The van der Waals surface area contributed by atoms with E-state index in [2.05, 4.69) is 21.4 Å². The Morgan fingerprint density at radius 2 is 2.43 bits per heavy atom. The molecule has 4 heteroatoms. The number of hydrogen-bond acceptors (Lipinski definition) is 3. The maximum atomic E-state index is 8.97. The lowest BCUT2D eigenvalue weighted by atomic mass is 10.2. The highest BCUT2D eigenvalue weighted by molar-refractivity contribution is 4.95. The molecule has 4 nitrogen and oxygen atoms in total. The average Bonchev–Trinajstić information content (AvgIpc) is 2.64. The van der Waals surface area contributed by atoms with E-state index in [0.29, 0.717) is 5.92 Å². The first-order valence-corrected chi connectivity index (χ1v) is 5.13. The van der Waals surface area contributed by atoms with E-state index < -0.39 is 0 Å². The lowest BCUT2D eigenvalue weighted by Gasteiger charge is -2.29. The van der Waals surface area contributed by atoms with Crippen LogP contribution in [0.3, 0.4) is 0 Å². The molecule has 0 fully saturated rings. The number of rotatable bonds is 3. The molecule has 14 heavy (non-hydrogen) atoms. The fourth-order valence-corrected chi connectivity index (χ4v) is 1.88. The summed E-state index contributed by atoms with van der Waals surface area (Å²) in [5, 5.41) is 8.97. The van der Waals surface area contributed by atoms with Crippen LogP contribution in [0, 0.1) is 5.92 Å². The highest BCUT2D eigenvalue weighted by Crippen LogP contribution is 2.11. The first-order chi connectivity index (χ1) is 6.79. The Morgan fingerprint density at radius 1 is 1.57 bits per heavy atom. The zero-order chi connectivity index (χ0) is 9.97. The van der Waals surface area contributed by atoms with Crippen molar-refractivity contribution in [1.29, 1.82) is 0 Å². The Bertz CT molecular complexity index is 297. The number of aromatic nitrogens is 2. The lowest BCUT2D eigenvalue weighted by molar-refractivity contribution is 0.149. The molecule has 0 spiro atoms. The van der Waals surface area contributed by atoms with Crippen LogP contribution < -0.4 is 0 Å². The number of hydrogen-bond donors (Lipinski definition) is 1. The molecule has 1 aromatic rings. The van der Waals surface area contributed by atoms with Gasteiger partial charge in [0, 0.05) is 38.6 Å². The minimum Gasteiger partial charge on any atom is -0.396 e. The molecule has 0 bridgehead atoms. The van der Waals surface area contributed by atoms with Crippen LogP contribution in [0.25, 0.3) is 0 Å². The number of fused-ring (bicyclic) bond motifs is 1. The third kappa shape index (κ3) is 1.96. The van der Waals surface area contributed by atoms with Crippen molar-refractivity contribution >= 4 is 0 Å². The molecule has 2 rings (SSSR count). The fraction of sp³-hybridized carbons (Fsp3) is 0.700. The standard InChI is InChI=1S/C10H17N3O/c1-9(8-14)6-12-4-5-13-3-2-11-10(13)7-12/h2-3,9,14H,4-8H2,1H3. The van der Waals surface area contributed by atoms with Crippen molar-refractivity contribution in [3.8, 4) is 0 Å². The maximum Gasteiger partial charge on any atom is 0.122 e. The molecule has 1 unspecified atom stereocenters. The predicted octanol–water partition coefficient (Wildman–Crippen LogP) is 0.327. The van der Waals surface area contributed by atoms with E-state index >= 15 is 0 Å². The van der Waals surface area contributed by atoms with Crippen LogP contribution in [0.5, 0.6) is 0 Å². The van der Waals surface area contributed by atoms with Gasteiger partial charge in [0.05, 0.1) is 6.54 Å². The van der Waals surface area contributed by atoms with Crippen LogP contribution in [0.4, 0.5) is 0 Å². The molecule has 1 atom stereocenters. The molecule has 78 valence electrons. The van der Waals surface area contributed by atoms with E-state index in [1.807, 2.05) is 12.4 Å². The number of aliphatic hydroxyl groups excluding tert-OH is 1. The Balaban J connectivity index is 1.94. The van der Waals surface area contributed by atoms with Crippen LogP contribution >= 0.6 is 0 Å². The summed E-state index contributed by atoms with van der Waals surface area (Å²) in [6.45, 7) is 6.30. The summed E-state index contributed by atoms with van der Waals surface area (Å²) >= 11 is 0. The van der Waals surface area contributed by atoms with Gasteiger partial charge in [-0.25, -0.2) is 4.98 Å². The molecule has 0 aromatic carbocycles. The summed E-state index contributed by atoms with van der Waals surface area (Å²) < 4.78 is 2.19. The van der Waals surface area contributed by atoms with Crippen LogP contribution in [0.1, 0.15) is 12.7 Å². The first-order valence-electron chi connectivity index (χ1n) is 5.13. The molecule has 1 aliphatic rings. The molecule has 0 radical (unpaired) electrons. The van der Waals surface area contributed by atoms with Gasteiger partial charge in [-0.3, -0.25) is 4.90 Å². The molecule has 0 saturated heterocycles. The monoisotopic (exact) mass is 195 g/mol. The van der Waals surface area contributed by atoms with Crippen molar-refractivity contribution in [3.63, 3.8) is 0 Å². The van der Waals surface area contributed by atoms with E-state index in [1.54, 1.807) is 0 Å². The Kier molecular flexibility index (Phi) is 2.84. The first kappa shape index (κ1) is 9.68. The molecule has 1 N–H and O–H groups in total. The van der Waals surface area contributed by atoms with Crippen molar-refractivity contribution in [3.05, 3.63) is 18.2 Å². The second kappa shape index (κ2) is 4.11. The molecule has 0 amide bonds. The topological polar surface area (TPSA) is 41.3 Å². The van der Waals surface area contributed by atoms with E-state index in [-0.39, 0.29) is 6.61 Å². The third-order valence-corrected chi connectivity index (χ3v) is 2.71. The summed E-state index contributed by atoms with van der Waals surface area (Å²) in [5.74, 6) is 1.50. The zero-order valence-electron chi connectivity index (χ0n) is 8.56. The summed E-state index contributed by atoms with van der Waals surface area (Å²) in [6.07, 6.45) is 3.89. The Hall–Kier alpha value is -0.870. The van der Waals surface area contributed by atoms with E-state index in [4.69, 9.17) is 5.11 Å². The van der Waals surface area contributed by atoms with Crippen molar-refractivity contribution < 1.29 is 5.11 Å². The average molecular weight is 195 g/mol. The van der Waals surface area contributed by atoms with Gasteiger partial charge < -0.3 is 9.67 Å². The minimum absolute atomic E-state index is 0.269. The van der Waals surface area contributed by atoms with Gasteiger partial charge in [0.2, 0.25) is 0 Å². The normalized spacial score (nSPS) is 19.3. The van der Waals surface area contributed by atoms with E-state index in [1.165, 1.54) is 0 Å². The summed E-state index contributed by atoms with van der Waals surface area (Å²) in [4.78, 5) is 6.65. The molecule has 1 aromatic heterocycles. The largest absolute Gasteiger partial charge is 0.396 e. The number of aliphatic hydroxyl groups is 1. The fourth-order valence-electron chi connectivity index (χ4n) is 1.88. The van der Waals surface area contributed by atoms with Gasteiger partial charge in [0.15, 0.2) is 0 Å². The van der Waals surface area contributed by atoms with Gasteiger partial charge in [0.25, 0.3) is 0 Å². The molecular formula is C10H17N3O. The summed E-state index contributed by atoms with van der Waals surface area (Å²) in [6, 6.07) is 0. The Labute approximate surface area is 84.2 Å². The predicted molar refractivity (Wildman–Crippen MR) is 53.8 cm³/mol. The molecule has 0 aliphatic carbocycles. The Morgan fingerprint density at radius 3 is 3.21 bits per heavy atom. The van der Waals surface area contributed by atoms with E-state index in [9.17, 15) is 0 Å². The summed E-state index contributed by atoms with van der Waals surface area (Å²) in [7, 11) is 0. The van der Waals surface area contributed by atoms with Crippen LogP contribution in [0.2, 0.25) is 0 Å². The van der Waals surface area contributed by atoms with Crippen LogP contribution in [-0.4, -0.2) is 39.3 Å². The third-order valence-electron chi connectivity index (χ3n) is 2.71. The van der Waals surface area contributed by atoms with Gasteiger partial charge >= 0.3 is 0 Å². The second-order valence-corrected chi connectivity index (χ2v) is 4.06. The van der Waals surface area contributed by atoms with Gasteiger partial charge in [0.1, 0.15) is 5.82 Å². The molecule has 0 saturated carbocycles. The molecule has 1 aliphatic heterocycles. The highest BCUT2D eigenvalue weighted by Gasteiger charge is 2.17. The second-order valence-electron chi connectivity index (χ2n) is 4.06. The van der Waals surface area contributed by atoms with Gasteiger partial charge in [-0.15, -0.1) is 0 Å². The van der Waals surface area contributed by atoms with Crippen molar-refractivity contribution in [2.75, 3.05) is 19.7 Å². The number of nitrogens with zero attached hydrogens (tertiary/aromatic N) is 3. The van der Waals surface area contributed by atoms with Gasteiger partial charge in [-0.1, -0.05) is 6.92 Å². The minimum atomic E-state index is 0.269. The summed E-state index contributed by atoms with van der Waals surface area (Å²) in [5.41, 5.74) is 0. The molecular weight excluding hydrogens is 178 g/mol. The quantitative estimate of drug-likeness (QED) is 0.755. The van der Waals surface area contributed by atoms with Crippen molar-refractivity contribution in [1.82, 2.24) is 14.5 Å². The van der Waals surface area contributed by atoms with Gasteiger partial charge in [-0.2, -0.15) is 0 Å². The SMILES string of the molecule is CC(CO)CN1CCn2ccnc2C1. The van der Waals surface area contributed by atoms with Gasteiger partial charge in [-0.05, 0) is 5.92 Å². The van der Waals surface area contributed by atoms with E-state index in [0.717, 1.165) is 32.0 Å². The lowest BCUT2D eigenvalue weighted by Crippen LogP contribution is -2.37. The molecule has 2 heterocycles.